The largest absolute Gasteiger partial charge is 0.497 e. The van der Waals surface area contributed by atoms with Gasteiger partial charge < -0.3 is 19.4 Å². The fourth-order valence-corrected chi connectivity index (χ4v) is 2.91. The Morgan fingerprint density at radius 1 is 1.11 bits per heavy atom. The van der Waals surface area contributed by atoms with Gasteiger partial charge in [0.15, 0.2) is 6.10 Å². The number of amides is 1. The lowest BCUT2D eigenvalue weighted by molar-refractivity contribution is -0.127. The predicted octanol–water partition coefficient (Wildman–Crippen LogP) is 3.76. The number of hydrogen-bond acceptors (Lipinski definition) is 4. The van der Waals surface area contributed by atoms with Gasteiger partial charge in [-0.05, 0) is 48.9 Å². The number of methoxy groups -OCH3 is 1. The van der Waals surface area contributed by atoms with Crippen LogP contribution in [0, 0.1) is 0 Å². The average Bonchev–Trinajstić information content (AvgIpc) is 3.13. The van der Waals surface area contributed by atoms with E-state index in [0.717, 1.165) is 17.1 Å². The number of nitrogens with one attached hydrogen (secondary N) is 1. The van der Waals surface area contributed by atoms with E-state index >= 15 is 0 Å². The molecule has 7 heteroatoms. The monoisotopic (exact) mass is 399 g/mol. The van der Waals surface area contributed by atoms with Gasteiger partial charge in [0.1, 0.15) is 23.4 Å². The lowest BCUT2D eigenvalue weighted by Crippen LogP contribution is -2.39. The molecule has 0 aliphatic carbocycles. The first-order chi connectivity index (χ1) is 13.5. The summed E-state index contributed by atoms with van der Waals surface area (Å²) in [5.41, 5.74) is 0.891. The Morgan fingerprint density at radius 2 is 1.75 bits per heavy atom. The minimum atomic E-state index is -0.692. The number of ether oxygens (including phenoxy) is 2. The summed E-state index contributed by atoms with van der Waals surface area (Å²) in [6, 6.07) is 14.0. The number of carbonyl (C=O) groups excluding carboxylic acids is 1. The van der Waals surface area contributed by atoms with Gasteiger partial charge in [-0.3, -0.25) is 4.79 Å². The lowest BCUT2D eigenvalue weighted by Gasteiger charge is -2.22. The number of imidazole rings is 1. The Balaban J connectivity index is 1.79. The van der Waals surface area contributed by atoms with Crippen LogP contribution in [0.2, 0.25) is 5.02 Å². The molecule has 1 heterocycles. The number of rotatable bonds is 7. The number of hydrogen-bond donors (Lipinski definition) is 1. The van der Waals surface area contributed by atoms with E-state index in [4.69, 9.17) is 21.1 Å². The third-order valence-corrected chi connectivity index (χ3v) is 4.60. The van der Waals surface area contributed by atoms with Gasteiger partial charge in [-0.2, -0.15) is 0 Å². The van der Waals surface area contributed by atoms with E-state index in [1.54, 1.807) is 44.5 Å². The molecule has 0 saturated carbocycles. The zero-order valence-electron chi connectivity index (χ0n) is 15.9. The number of halogens is 1. The summed E-state index contributed by atoms with van der Waals surface area (Å²) in [6.45, 7) is 1.70. The zero-order chi connectivity index (χ0) is 20.1. The van der Waals surface area contributed by atoms with Crippen molar-refractivity contribution in [2.75, 3.05) is 7.11 Å². The predicted molar refractivity (Wildman–Crippen MR) is 108 cm³/mol. The number of benzene rings is 2. The molecule has 0 fully saturated rings. The fourth-order valence-electron chi connectivity index (χ4n) is 2.78. The summed E-state index contributed by atoms with van der Waals surface area (Å²) in [5, 5.41) is 3.64. The van der Waals surface area contributed by atoms with Crippen molar-refractivity contribution >= 4 is 17.5 Å². The molecule has 3 rings (SSSR count). The SMILES string of the molecule is COc1ccc(C(NC(=O)C(C)Oc2ccc(Cl)cc2)c2nccn2C)cc1. The highest BCUT2D eigenvalue weighted by Crippen LogP contribution is 2.23. The molecule has 1 N–H and O–H groups in total. The van der Waals surface area contributed by atoms with E-state index < -0.39 is 12.1 Å². The van der Waals surface area contributed by atoms with E-state index in [0.29, 0.717) is 10.8 Å². The molecule has 0 bridgehead atoms. The number of aryl methyl sites for hydroxylation is 1. The van der Waals surface area contributed by atoms with Gasteiger partial charge in [0, 0.05) is 24.5 Å². The van der Waals surface area contributed by atoms with Crippen molar-refractivity contribution in [3.8, 4) is 11.5 Å². The molecule has 1 aromatic heterocycles. The maximum atomic E-state index is 12.8. The van der Waals surface area contributed by atoms with Gasteiger partial charge in [0.25, 0.3) is 5.91 Å². The van der Waals surface area contributed by atoms with Crippen LogP contribution < -0.4 is 14.8 Å². The Kier molecular flexibility index (Phi) is 6.21. The first-order valence-electron chi connectivity index (χ1n) is 8.81. The van der Waals surface area contributed by atoms with Crippen LogP contribution in [-0.4, -0.2) is 28.7 Å². The third-order valence-electron chi connectivity index (χ3n) is 4.35. The normalized spacial score (nSPS) is 12.9. The quantitative estimate of drug-likeness (QED) is 0.657. The average molecular weight is 400 g/mol. The van der Waals surface area contributed by atoms with Crippen LogP contribution in [0.25, 0.3) is 0 Å². The lowest BCUT2D eigenvalue weighted by atomic mass is 10.1. The summed E-state index contributed by atoms with van der Waals surface area (Å²) in [5.74, 6) is 1.79. The highest BCUT2D eigenvalue weighted by Gasteiger charge is 2.24. The molecule has 2 atom stereocenters. The van der Waals surface area contributed by atoms with E-state index in [-0.39, 0.29) is 5.91 Å². The number of carbonyl (C=O) groups is 1. The summed E-state index contributed by atoms with van der Waals surface area (Å²) < 4.78 is 12.8. The van der Waals surface area contributed by atoms with Crippen molar-refractivity contribution < 1.29 is 14.3 Å². The second-order valence-electron chi connectivity index (χ2n) is 6.33. The molecular weight excluding hydrogens is 378 g/mol. The topological polar surface area (TPSA) is 65.4 Å². The standard InChI is InChI=1S/C21H22ClN3O3/c1-14(28-18-10-6-16(22)7-11-18)21(26)24-19(20-23-12-13-25(20)2)15-4-8-17(27-3)9-5-15/h4-14,19H,1-3H3,(H,24,26). The minimum Gasteiger partial charge on any atom is -0.497 e. The van der Waals surface area contributed by atoms with Crippen molar-refractivity contribution in [1.82, 2.24) is 14.9 Å². The van der Waals surface area contributed by atoms with Crippen LogP contribution in [0.4, 0.5) is 0 Å². The molecule has 6 nitrogen and oxygen atoms in total. The van der Waals surface area contributed by atoms with Crippen molar-refractivity contribution in [3.63, 3.8) is 0 Å². The van der Waals surface area contributed by atoms with Crippen LogP contribution in [0.5, 0.6) is 11.5 Å². The fraction of sp³-hybridized carbons (Fsp3) is 0.238. The van der Waals surface area contributed by atoms with Gasteiger partial charge >= 0.3 is 0 Å². The van der Waals surface area contributed by atoms with Gasteiger partial charge in [-0.15, -0.1) is 0 Å². The second kappa shape index (κ2) is 8.80. The highest BCUT2D eigenvalue weighted by molar-refractivity contribution is 6.30. The van der Waals surface area contributed by atoms with Crippen molar-refractivity contribution in [2.45, 2.75) is 19.1 Å². The molecule has 0 saturated heterocycles. The number of aromatic nitrogens is 2. The summed E-state index contributed by atoms with van der Waals surface area (Å²) >= 11 is 5.89. The minimum absolute atomic E-state index is 0.251. The molecule has 0 aliphatic rings. The molecule has 146 valence electrons. The zero-order valence-corrected chi connectivity index (χ0v) is 16.7. The van der Waals surface area contributed by atoms with Crippen LogP contribution in [-0.2, 0) is 11.8 Å². The molecule has 2 aromatic carbocycles. The second-order valence-corrected chi connectivity index (χ2v) is 6.76. The van der Waals surface area contributed by atoms with Crippen molar-refractivity contribution in [1.29, 1.82) is 0 Å². The highest BCUT2D eigenvalue weighted by atomic mass is 35.5. The molecule has 0 radical (unpaired) electrons. The Labute approximate surface area is 169 Å². The maximum Gasteiger partial charge on any atom is 0.261 e. The van der Waals surface area contributed by atoms with E-state index in [2.05, 4.69) is 10.3 Å². The maximum absolute atomic E-state index is 12.8. The van der Waals surface area contributed by atoms with Crippen molar-refractivity contribution in [2.24, 2.45) is 7.05 Å². The van der Waals surface area contributed by atoms with Gasteiger partial charge in [-0.25, -0.2) is 4.98 Å². The molecule has 1 amide bonds. The van der Waals surface area contributed by atoms with Gasteiger partial charge in [-0.1, -0.05) is 23.7 Å². The molecule has 2 unspecified atom stereocenters. The first kappa shape index (κ1) is 19.8. The van der Waals surface area contributed by atoms with Crippen LogP contribution in [0.3, 0.4) is 0 Å². The molecule has 3 aromatic rings. The van der Waals surface area contributed by atoms with Crippen LogP contribution >= 0.6 is 11.6 Å². The van der Waals surface area contributed by atoms with Crippen molar-refractivity contribution in [3.05, 3.63) is 77.3 Å². The number of nitrogens with zero attached hydrogens (tertiary/aromatic N) is 2. The van der Waals surface area contributed by atoms with E-state index in [1.807, 2.05) is 42.1 Å². The van der Waals surface area contributed by atoms with E-state index in [9.17, 15) is 4.79 Å². The Hall–Kier alpha value is -2.99. The first-order valence-corrected chi connectivity index (χ1v) is 9.19. The summed E-state index contributed by atoms with van der Waals surface area (Å²) in [6.07, 6.45) is 2.85. The van der Waals surface area contributed by atoms with Gasteiger partial charge in [0.2, 0.25) is 0 Å². The summed E-state index contributed by atoms with van der Waals surface area (Å²) in [7, 11) is 3.50. The van der Waals surface area contributed by atoms with E-state index in [1.165, 1.54) is 0 Å². The van der Waals surface area contributed by atoms with Crippen LogP contribution in [0.1, 0.15) is 24.4 Å². The van der Waals surface area contributed by atoms with Crippen LogP contribution in [0.15, 0.2) is 60.9 Å². The molecule has 0 aliphatic heterocycles. The smallest absolute Gasteiger partial charge is 0.261 e. The Morgan fingerprint density at radius 3 is 2.32 bits per heavy atom. The molecule has 28 heavy (non-hydrogen) atoms. The van der Waals surface area contributed by atoms with Gasteiger partial charge in [0.05, 0.1) is 7.11 Å². The Bertz CT molecular complexity index is 923. The molecule has 0 spiro atoms. The third kappa shape index (κ3) is 4.64. The summed E-state index contributed by atoms with van der Waals surface area (Å²) in [4.78, 5) is 17.2. The molecular formula is C21H22ClN3O3.